The van der Waals surface area contributed by atoms with Crippen molar-refractivity contribution in [2.75, 3.05) is 5.32 Å². The Morgan fingerprint density at radius 3 is 2.62 bits per heavy atom. The van der Waals surface area contributed by atoms with Crippen LogP contribution in [0.2, 0.25) is 5.02 Å². The van der Waals surface area contributed by atoms with Crippen molar-refractivity contribution < 1.29 is 9.18 Å². The van der Waals surface area contributed by atoms with Gasteiger partial charge in [-0.05, 0) is 46.5 Å². The minimum Gasteiger partial charge on any atom is -0.324 e. The Morgan fingerprint density at radius 1 is 1.24 bits per heavy atom. The maximum Gasteiger partial charge on any atom is 0.224 e. The van der Waals surface area contributed by atoms with Crippen molar-refractivity contribution in [3.63, 3.8) is 0 Å². The first-order valence-corrected chi connectivity index (χ1v) is 7.71. The molecule has 0 aliphatic heterocycles. The Labute approximate surface area is 136 Å². The van der Waals surface area contributed by atoms with E-state index in [1.807, 2.05) is 30.3 Å². The molecule has 110 valence electrons. The van der Waals surface area contributed by atoms with Gasteiger partial charge in [0.25, 0.3) is 0 Å². The van der Waals surface area contributed by atoms with Gasteiger partial charge in [-0.25, -0.2) is 4.39 Å². The van der Waals surface area contributed by atoms with Gasteiger partial charge in [-0.1, -0.05) is 41.9 Å². The molecule has 0 heterocycles. The van der Waals surface area contributed by atoms with Crippen LogP contribution >= 0.6 is 27.5 Å². The van der Waals surface area contributed by atoms with E-state index in [4.69, 9.17) is 11.6 Å². The maximum atomic E-state index is 13.1. The fourth-order valence-corrected chi connectivity index (χ4v) is 2.86. The first-order valence-electron chi connectivity index (χ1n) is 6.54. The zero-order valence-electron chi connectivity index (χ0n) is 11.2. The summed E-state index contributed by atoms with van der Waals surface area (Å²) < 4.78 is 13.5. The number of benzene rings is 2. The zero-order valence-corrected chi connectivity index (χ0v) is 13.5. The third-order valence-corrected chi connectivity index (χ3v) is 3.91. The lowest BCUT2D eigenvalue weighted by molar-refractivity contribution is -0.116. The van der Waals surface area contributed by atoms with Gasteiger partial charge < -0.3 is 5.32 Å². The Bertz CT molecular complexity index is 610. The van der Waals surface area contributed by atoms with Crippen molar-refractivity contribution in [2.45, 2.75) is 19.3 Å². The number of hydrogen-bond acceptors (Lipinski definition) is 1. The van der Waals surface area contributed by atoms with Gasteiger partial charge in [-0.15, -0.1) is 0 Å². The van der Waals surface area contributed by atoms with Gasteiger partial charge in [0.15, 0.2) is 0 Å². The smallest absolute Gasteiger partial charge is 0.224 e. The van der Waals surface area contributed by atoms with Crippen molar-refractivity contribution in [1.29, 1.82) is 0 Å². The highest BCUT2D eigenvalue weighted by molar-refractivity contribution is 9.10. The third-order valence-electron chi connectivity index (χ3n) is 2.98. The number of aryl methyl sites for hydroxylation is 1. The highest BCUT2D eigenvalue weighted by Crippen LogP contribution is 2.31. The van der Waals surface area contributed by atoms with E-state index in [1.54, 1.807) is 0 Å². The molecule has 0 aromatic heterocycles. The topological polar surface area (TPSA) is 29.1 Å². The lowest BCUT2D eigenvalue weighted by Gasteiger charge is -2.09. The molecule has 0 spiro atoms. The fourth-order valence-electron chi connectivity index (χ4n) is 1.96. The summed E-state index contributed by atoms with van der Waals surface area (Å²) in [5.74, 6) is -0.589. The molecule has 0 saturated heterocycles. The summed E-state index contributed by atoms with van der Waals surface area (Å²) in [7, 11) is 0. The minimum absolute atomic E-state index is 0.139. The Hall–Kier alpha value is -1.39. The maximum absolute atomic E-state index is 13.1. The Morgan fingerprint density at radius 2 is 1.95 bits per heavy atom. The van der Waals surface area contributed by atoms with E-state index in [0.717, 1.165) is 12.8 Å². The molecule has 0 bridgehead atoms. The lowest BCUT2D eigenvalue weighted by atomic mass is 10.1. The van der Waals surface area contributed by atoms with E-state index in [0.29, 0.717) is 16.6 Å². The van der Waals surface area contributed by atoms with E-state index >= 15 is 0 Å². The molecule has 1 amide bonds. The van der Waals surface area contributed by atoms with E-state index < -0.39 is 5.82 Å². The van der Waals surface area contributed by atoms with Gasteiger partial charge in [0, 0.05) is 10.9 Å². The number of nitrogens with one attached hydrogen (secondary N) is 1. The second-order valence-electron chi connectivity index (χ2n) is 4.63. The van der Waals surface area contributed by atoms with Crippen molar-refractivity contribution in [1.82, 2.24) is 0 Å². The molecule has 0 aliphatic rings. The molecule has 5 heteroatoms. The van der Waals surface area contributed by atoms with Gasteiger partial charge in [-0.3, -0.25) is 4.79 Å². The van der Waals surface area contributed by atoms with Crippen LogP contribution in [0.15, 0.2) is 46.9 Å². The summed E-state index contributed by atoms with van der Waals surface area (Å²) in [6, 6.07) is 12.4. The molecule has 0 fully saturated rings. The van der Waals surface area contributed by atoms with Crippen LogP contribution in [0.5, 0.6) is 0 Å². The van der Waals surface area contributed by atoms with Crippen molar-refractivity contribution in [3.05, 3.63) is 63.3 Å². The lowest BCUT2D eigenvalue weighted by Crippen LogP contribution is -2.12. The second kappa shape index (κ2) is 7.57. The van der Waals surface area contributed by atoms with E-state index in [1.165, 1.54) is 17.7 Å². The zero-order chi connectivity index (χ0) is 15.2. The molecule has 0 aliphatic carbocycles. The minimum atomic E-state index is -0.450. The molecule has 0 saturated carbocycles. The standard InChI is InChI=1S/C16H14BrClFNO/c17-13-9-12(19)10-14(18)16(13)20-15(21)8-4-7-11-5-2-1-3-6-11/h1-3,5-6,9-10H,4,7-8H2,(H,20,21). The molecule has 0 unspecified atom stereocenters. The predicted octanol–water partition coefficient (Wildman–Crippen LogP) is 5.20. The average Bonchev–Trinajstić information content (AvgIpc) is 2.44. The number of hydrogen-bond donors (Lipinski definition) is 1. The molecular formula is C16H14BrClFNO. The first kappa shape index (κ1) is 16.0. The Kier molecular flexibility index (Phi) is 5.76. The van der Waals surface area contributed by atoms with E-state index in [-0.39, 0.29) is 10.9 Å². The van der Waals surface area contributed by atoms with Crippen molar-refractivity contribution >= 4 is 39.1 Å². The number of carbonyl (C=O) groups is 1. The van der Waals surface area contributed by atoms with Crippen LogP contribution in [0.3, 0.4) is 0 Å². The summed E-state index contributed by atoms with van der Waals surface area (Å²) in [6.45, 7) is 0. The first-order chi connectivity index (χ1) is 10.1. The van der Waals surface area contributed by atoms with Crippen LogP contribution in [-0.4, -0.2) is 5.91 Å². The molecular weight excluding hydrogens is 357 g/mol. The molecule has 2 aromatic carbocycles. The van der Waals surface area contributed by atoms with Gasteiger partial charge in [0.05, 0.1) is 10.7 Å². The number of amides is 1. The highest BCUT2D eigenvalue weighted by Gasteiger charge is 2.11. The van der Waals surface area contributed by atoms with Crippen LogP contribution in [0.25, 0.3) is 0 Å². The number of anilines is 1. The van der Waals surface area contributed by atoms with Crippen LogP contribution in [-0.2, 0) is 11.2 Å². The molecule has 1 N–H and O–H groups in total. The average molecular weight is 371 g/mol. The molecule has 2 rings (SSSR count). The largest absolute Gasteiger partial charge is 0.324 e. The summed E-state index contributed by atoms with van der Waals surface area (Å²) in [4.78, 5) is 11.9. The number of halogens is 3. The predicted molar refractivity (Wildman–Crippen MR) is 87.1 cm³/mol. The number of carbonyl (C=O) groups excluding carboxylic acids is 1. The van der Waals surface area contributed by atoms with Crippen LogP contribution in [0, 0.1) is 5.82 Å². The monoisotopic (exact) mass is 369 g/mol. The van der Waals surface area contributed by atoms with Crippen LogP contribution in [0.1, 0.15) is 18.4 Å². The van der Waals surface area contributed by atoms with Crippen LogP contribution < -0.4 is 5.32 Å². The summed E-state index contributed by atoms with van der Waals surface area (Å²) in [6.07, 6.45) is 1.97. The van der Waals surface area contributed by atoms with Gasteiger partial charge >= 0.3 is 0 Å². The van der Waals surface area contributed by atoms with Crippen molar-refractivity contribution in [3.8, 4) is 0 Å². The SMILES string of the molecule is O=C(CCCc1ccccc1)Nc1c(Cl)cc(F)cc1Br. The normalized spacial score (nSPS) is 10.4. The fraction of sp³-hybridized carbons (Fsp3) is 0.188. The molecule has 2 aromatic rings. The van der Waals surface area contributed by atoms with Gasteiger partial charge in [0.2, 0.25) is 5.91 Å². The number of rotatable bonds is 5. The van der Waals surface area contributed by atoms with E-state index in [9.17, 15) is 9.18 Å². The van der Waals surface area contributed by atoms with Crippen molar-refractivity contribution in [2.24, 2.45) is 0 Å². The van der Waals surface area contributed by atoms with E-state index in [2.05, 4.69) is 21.2 Å². The van der Waals surface area contributed by atoms with Gasteiger partial charge in [0.1, 0.15) is 5.82 Å². The van der Waals surface area contributed by atoms with Crippen LogP contribution in [0.4, 0.5) is 10.1 Å². The highest BCUT2D eigenvalue weighted by atomic mass is 79.9. The summed E-state index contributed by atoms with van der Waals surface area (Å²) in [5, 5.41) is 2.89. The molecule has 21 heavy (non-hydrogen) atoms. The van der Waals surface area contributed by atoms with Gasteiger partial charge in [-0.2, -0.15) is 0 Å². The summed E-state index contributed by atoms with van der Waals surface area (Å²) >= 11 is 9.12. The molecule has 0 radical (unpaired) electrons. The summed E-state index contributed by atoms with van der Waals surface area (Å²) in [5.41, 5.74) is 1.61. The second-order valence-corrected chi connectivity index (χ2v) is 5.89. The molecule has 2 nitrogen and oxygen atoms in total. The third kappa shape index (κ3) is 4.83. The molecule has 0 atom stereocenters. The Balaban J connectivity index is 1.88. The quantitative estimate of drug-likeness (QED) is 0.770.